The molecule has 0 aliphatic carbocycles. The Hall–Kier alpha value is -0.220. The maximum absolute atomic E-state index is 5.53. The fourth-order valence-corrected chi connectivity index (χ4v) is 2.34. The third kappa shape index (κ3) is 5.75. The highest BCUT2D eigenvalue weighted by Gasteiger charge is 2.16. The van der Waals surface area contributed by atoms with Crippen LogP contribution in [0.25, 0.3) is 0 Å². The summed E-state index contributed by atoms with van der Waals surface area (Å²) in [5, 5.41) is 5.10. The van der Waals surface area contributed by atoms with E-state index in [0.29, 0.717) is 5.25 Å². The molecule has 0 saturated heterocycles. The Kier molecular flexibility index (Phi) is 6.88. The van der Waals surface area contributed by atoms with Crippen molar-refractivity contribution in [3.05, 3.63) is 0 Å². The molecule has 0 aromatic heterocycles. The average molecular weight is 244 g/mol. The number of hydrogen-bond acceptors (Lipinski definition) is 4. The van der Waals surface area contributed by atoms with Gasteiger partial charge in [0.1, 0.15) is 0 Å². The van der Waals surface area contributed by atoms with E-state index >= 15 is 0 Å². The summed E-state index contributed by atoms with van der Waals surface area (Å²) in [6, 6.07) is 0. The largest absolute Gasteiger partial charge is 0.380 e. The molecule has 0 spiro atoms. The van der Waals surface area contributed by atoms with Gasteiger partial charge in [-0.1, -0.05) is 32.5 Å². The minimum absolute atomic E-state index is 0.685. The molecule has 0 aromatic carbocycles. The summed E-state index contributed by atoms with van der Waals surface area (Å²) in [5.74, 6) is 0.730. The third-order valence-electron chi connectivity index (χ3n) is 2.53. The zero-order valence-electron chi connectivity index (χ0n) is 10.7. The maximum atomic E-state index is 5.53. The molecule has 0 aromatic rings. The number of amidine groups is 1. The monoisotopic (exact) mass is 244 g/mol. The SMILES string of the molecule is CCC1CN=C(NCCOCCC(C)C)S1. The van der Waals surface area contributed by atoms with Crippen LogP contribution in [0.15, 0.2) is 4.99 Å². The average Bonchev–Trinajstić information content (AvgIpc) is 2.70. The van der Waals surface area contributed by atoms with Gasteiger partial charge in [0.25, 0.3) is 0 Å². The molecule has 0 saturated carbocycles. The maximum Gasteiger partial charge on any atom is 0.157 e. The molecule has 1 rings (SSSR count). The predicted octanol–water partition coefficient (Wildman–Crippen LogP) is 2.52. The number of ether oxygens (including phenoxy) is 1. The fourth-order valence-electron chi connectivity index (χ4n) is 1.38. The van der Waals surface area contributed by atoms with Gasteiger partial charge in [0, 0.05) is 18.4 Å². The molecule has 1 aliphatic rings. The molecular weight excluding hydrogens is 220 g/mol. The molecule has 3 nitrogen and oxygen atoms in total. The summed E-state index contributed by atoms with van der Waals surface area (Å²) < 4.78 is 5.53. The lowest BCUT2D eigenvalue weighted by molar-refractivity contribution is 0.128. The summed E-state index contributed by atoms with van der Waals surface area (Å²) >= 11 is 1.86. The first-order valence-electron chi connectivity index (χ1n) is 6.25. The molecule has 1 unspecified atom stereocenters. The van der Waals surface area contributed by atoms with Crippen molar-refractivity contribution < 1.29 is 4.74 Å². The molecule has 0 amide bonds. The van der Waals surface area contributed by atoms with Crippen LogP contribution in [-0.2, 0) is 4.74 Å². The summed E-state index contributed by atoms with van der Waals surface area (Å²) in [4.78, 5) is 4.45. The molecule has 0 radical (unpaired) electrons. The van der Waals surface area contributed by atoms with Gasteiger partial charge in [-0.3, -0.25) is 4.99 Å². The van der Waals surface area contributed by atoms with E-state index < -0.39 is 0 Å². The van der Waals surface area contributed by atoms with Crippen LogP contribution in [0.1, 0.15) is 33.6 Å². The van der Waals surface area contributed by atoms with E-state index in [1.54, 1.807) is 0 Å². The molecule has 0 bridgehead atoms. The molecule has 1 N–H and O–H groups in total. The van der Waals surface area contributed by atoms with Crippen molar-refractivity contribution in [1.29, 1.82) is 0 Å². The van der Waals surface area contributed by atoms with Gasteiger partial charge in [0.15, 0.2) is 5.17 Å². The third-order valence-corrected chi connectivity index (χ3v) is 3.85. The van der Waals surface area contributed by atoms with E-state index in [9.17, 15) is 0 Å². The highest BCUT2D eigenvalue weighted by molar-refractivity contribution is 8.14. The predicted molar refractivity (Wildman–Crippen MR) is 72.2 cm³/mol. The van der Waals surface area contributed by atoms with E-state index in [1.165, 1.54) is 6.42 Å². The van der Waals surface area contributed by atoms with Crippen LogP contribution < -0.4 is 5.32 Å². The second-order valence-corrected chi connectivity index (χ2v) is 5.80. The molecule has 4 heteroatoms. The van der Waals surface area contributed by atoms with Gasteiger partial charge in [-0.15, -0.1) is 0 Å². The molecule has 1 heterocycles. The summed E-state index contributed by atoms with van der Waals surface area (Å²) in [6.45, 7) is 10.1. The van der Waals surface area contributed by atoms with E-state index in [2.05, 4.69) is 31.1 Å². The molecule has 94 valence electrons. The molecular formula is C12H24N2OS. The van der Waals surface area contributed by atoms with Gasteiger partial charge in [0.2, 0.25) is 0 Å². The van der Waals surface area contributed by atoms with Crippen molar-refractivity contribution >= 4 is 16.9 Å². The second kappa shape index (κ2) is 7.96. The van der Waals surface area contributed by atoms with Crippen LogP contribution in [-0.4, -0.2) is 36.7 Å². The van der Waals surface area contributed by atoms with Crippen molar-refractivity contribution in [2.45, 2.75) is 38.9 Å². The van der Waals surface area contributed by atoms with Crippen LogP contribution in [0.2, 0.25) is 0 Å². The fraction of sp³-hybridized carbons (Fsp3) is 0.917. The number of thioether (sulfide) groups is 1. The Morgan fingerprint density at radius 1 is 1.50 bits per heavy atom. The number of nitrogens with zero attached hydrogens (tertiary/aromatic N) is 1. The van der Waals surface area contributed by atoms with Crippen molar-refractivity contribution in [1.82, 2.24) is 5.32 Å². The standard InChI is InChI=1S/C12H24N2OS/c1-4-11-9-14-12(16-11)13-6-8-15-7-5-10(2)3/h10-11H,4-9H2,1-3H3,(H,13,14). The Labute approximate surface area is 103 Å². The van der Waals surface area contributed by atoms with Crippen LogP contribution in [0.3, 0.4) is 0 Å². The van der Waals surface area contributed by atoms with Crippen molar-refractivity contribution in [3.8, 4) is 0 Å². The quantitative estimate of drug-likeness (QED) is 0.699. The van der Waals surface area contributed by atoms with E-state index in [1.807, 2.05) is 11.8 Å². The molecule has 1 aliphatic heterocycles. The number of aliphatic imine (C=N–C) groups is 1. The van der Waals surface area contributed by atoms with Gasteiger partial charge in [-0.2, -0.15) is 0 Å². The highest BCUT2D eigenvalue weighted by Crippen LogP contribution is 2.21. The number of hydrogen-bond donors (Lipinski definition) is 1. The van der Waals surface area contributed by atoms with Gasteiger partial charge in [-0.25, -0.2) is 0 Å². The van der Waals surface area contributed by atoms with Crippen molar-refractivity contribution in [2.75, 3.05) is 26.3 Å². The van der Waals surface area contributed by atoms with Gasteiger partial charge in [-0.05, 0) is 18.8 Å². The lowest BCUT2D eigenvalue weighted by Crippen LogP contribution is -2.24. The van der Waals surface area contributed by atoms with Crippen molar-refractivity contribution in [3.63, 3.8) is 0 Å². The Balaban J connectivity index is 1.92. The number of rotatable bonds is 7. The van der Waals surface area contributed by atoms with Gasteiger partial charge >= 0.3 is 0 Å². The summed E-state index contributed by atoms with van der Waals surface area (Å²) in [5.41, 5.74) is 0. The Morgan fingerprint density at radius 3 is 2.94 bits per heavy atom. The van der Waals surface area contributed by atoms with Crippen molar-refractivity contribution in [2.24, 2.45) is 10.9 Å². The minimum atomic E-state index is 0.685. The number of nitrogens with one attached hydrogen (secondary N) is 1. The summed E-state index contributed by atoms with van der Waals surface area (Å²) in [7, 11) is 0. The zero-order chi connectivity index (χ0) is 11.8. The van der Waals surface area contributed by atoms with Gasteiger partial charge in [0.05, 0.1) is 13.2 Å². The van der Waals surface area contributed by atoms with E-state index in [0.717, 1.165) is 43.8 Å². The van der Waals surface area contributed by atoms with Crippen LogP contribution >= 0.6 is 11.8 Å². The first-order chi connectivity index (χ1) is 7.72. The minimum Gasteiger partial charge on any atom is -0.380 e. The van der Waals surface area contributed by atoms with Crippen LogP contribution in [0.4, 0.5) is 0 Å². The van der Waals surface area contributed by atoms with Gasteiger partial charge < -0.3 is 10.1 Å². The first-order valence-corrected chi connectivity index (χ1v) is 7.13. The topological polar surface area (TPSA) is 33.6 Å². The smallest absolute Gasteiger partial charge is 0.157 e. The first kappa shape index (κ1) is 13.8. The Bertz CT molecular complexity index is 219. The zero-order valence-corrected chi connectivity index (χ0v) is 11.5. The second-order valence-electron chi connectivity index (χ2n) is 4.52. The van der Waals surface area contributed by atoms with E-state index in [-0.39, 0.29) is 0 Å². The van der Waals surface area contributed by atoms with Crippen LogP contribution in [0, 0.1) is 5.92 Å². The van der Waals surface area contributed by atoms with E-state index in [4.69, 9.17) is 4.74 Å². The molecule has 16 heavy (non-hydrogen) atoms. The molecule has 1 atom stereocenters. The van der Waals surface area contributed by atoms with Crippen LogP contribution in [0.5, 0.6) is 0 Å². The highest BCUT2D eigenvalue weighted by atomic mass is 32.2. The summed E-state index contributed by atoms with van der Waals surface area (Å²) in [6.07, 6.45) is 2.35. The lowest BCUT2D eigenvalue weighted by Gasteiger charge is -2.08. The molecule has 0 fully saturated rings. The Morgan fingerprint density at radius 2 is 2.31 bits per heavy atom. The normalized spacial score (nSPS) is 20.2. The lowest BCUT2D eigenvalue weighted by atomic mass is 10.1.